The van der Waals surface area contributed by atoms with Gasteiger partial charge in [-0.3, -0.25) is 4.79 Å². The van der Waals surface area contributed by atoms with Crippen molar-refractivity contribution in [3.8, 4) is 0 Å². The number of carbonyl (C=O) groups excluding carboxylic acids is 1. The van der Waals surface area contributed by atoms with E-state index in [1.165, 1.54) is 12.1 Å². The highest BCUT2D eigenvalue weighted by Gasteiger charge is 2.12. The van der Waals surface area contributed by atoms with Gasteiger partial charge in [0.15, 0.2) is 0 Å². The fourth-order valence-electron chi connectivity index (χ4n) is 1.16. The van der Waals surface area contributed by atoms with Gasteiger partial charge in [0.05, 0.1) is 18.7 Å². The molecule has 0 aliphatic rings. The first-order chi connectivity index (χ1) is 7.04. The van der Waals surface area contributed by atoms with Gasteiger partial charge < -0.3 is 10.5 Å². The van der Waals surface area contributed by atoms with Crippen molar-refractivity contribution in [3.63, 3.8) is 0 Å². The van der Waals surface area contributed by atoms with Gasteiger partial charge in [-0.05, 0) is 19.1 Å². The van der Waals surface area contributed by atoms with Gasteiger partial charge in [0.25, 0.3) is 0 Å². The second-order valence-corrected chi connectivity index (χ2v) is 3.39. The van der Waals surface area contributed by atoms with Gasteiger partial charge in [0.1, 0.15) is 5.82 Å². The number of ether oxygens (including phenoxy) is 1. The molecule has 0 heterocycles. The second kappa shape index (κ2) is 4.98. The van der Waals surface area contributed by atoms with Crippen LogP contribution in [0.15, 0.2) is 12.1 Å². The van der Waals surface area contributed by atoms with Crippen LogP contribution in [-0.4, -0.2) is 12.6 Å². The van der Waals surface area contributed by atoms with Gasteiger partial charge in [-0.1, -0.05) is 11.6 Å². The van der Waals surface area contributed by atoms with Crippen molar-refractivity contribution in [3.05, 3.63) is 28.5 Å². The van der Waals surface area contributed by atoms with Crippen molar-refractivity contribution in [2.75, 3.05) is 12.3 Å². The van der Waals surface area contributed by atoms with Gasteiger partial charge >= 0.3 is 5.97 Å². The standard InChI is InChI=1S/C10H11ClFNO2/c1-2-15-9(14)4-6-3-7(11)5-8(13)10(6)12/h3,5H,2,4,13H2,1H3. The molecule has 0 spiro atoms. The summed E-state index contributed by atoms with van der Waals surface area (Å²) in [6.07, 6.45) is -0.162. The molecule has 82 valence electrons. The molecular formula is C10H11ClFNO2. The molecule has 15 heavy (non-hydrogen) atoms. The van der Waals surface area contributed by atoms with E-state index in [4.69, 9.17) is 22.1 Å². The third-order valence-corrected chi connectivity index (χ3v) is 2.00. The third kappa shape index (κ3) is 3.09. The molecule has 0 unspecified atom stereocenters. The Balaban J connectivity index is 2.89. The molecule has 2 N–H and O–H groups in total. The van der Waals surface area contributed by atoms with Crippen LogP contribution in [-0.2, 0) is 16.0 Å². The van der Waals surface area contributed by atoms with Crippen molar-refractivity contribution < 1.29 is 13.9 Å². The van der Waals surface area contributed by atoms with Gasteiger partial charge in [-0.2, -0.15) is 0 Å². The number of nitrogens with two attached hydrogens (primary N) is 1. The van der Waals surface area contributed by atoms with Gasteiger partial charge in [0.2, 0.25) is 0 Å². The van der Waals surface area contributed by atoms with E-state index in [1.807, 2.05) is 0 Å². The number of esters is 1. The average Bonchev–Trinajstić information content (AvgIpc) is 2.13. The molecule has 0 aliphatic carbocycles. The maximum Gasteiger partial charge on any atom is 0.310 e. The van der Waals surface area contributed by atoms with Crippen LogP contribution in [0.1, 0.15) is 12.5 Å². The molecule has 0 amide bonds. The van der Waals surface area contributed by atoms with E-state index in [1.54, 1.807) is 6.92 Å². The maximum atomic E-state index is 13.4. The first-order valence-corrected chi connectivity index (χ1v) is 4.81. The largest absolute Gasteiger partial charge is 0.466 e. The Labute approximate surface area is 92.0 Å². The van der Waals surface area contributed by atoms with E-state index in [-0.39, 0.29) is 24.3 Å². The van der Waals surface area contributed by atoms with Crippen molar-refractivity contribution >= 4 is 23.3 Å². The molecule has 3 nitrogen and oxygen atoms in total. The molecule has 1 aromatic rings. The maximum absolute atomic E-state index is 13.4. The molecule has 0 aliphatic heterocycles. The second-order valence-electron chi connectivity index (χ2n) is 2.95. The number of halogens is 2. The Hall–Kier alpha value is -1.29. The highest BCUT2D eigenvalue weighted by atomic mass is 35.5. The molecule has 0 radical (unpaired) electrons. The van der Waals surface area contributed by atoms with Crippen LogP contribution in [0.3, 0.4) is 0 Å². The number of carbonyl (C=O) groups is 1. The van der Waals surface area contributed by atoms with Crippen molar-refractivity contribution in [2.45, 2.75) is 13.3 Å². The first kappa shape index (κ1) is 11.8. The summed E-state index contributed by atoms with van der Waals surface area (Å²) in [5.41, 5.74) is 5.44. The van der Waals surface area contributed by atoms with Crippen LogP contribution < -0.4 is 5.73 Å². The van der Waals surface area contributed by atoms with Crippen molar-refractivity contribution in [1.29, 1.82) is 0 Å². The monoisotopic (exact) mass is 231 g/mol. The molecule has 0 fully saturated rings. The highest BCUT2D eigenvalue weighted by molar-refractivity contribution is 6.30. The smallest absolute Gasteiger partial charge is 0.310 e. The van der Waals surface area contributed by atoms with Crippen molar-refractivity contribution in [1.82, 2.24) is 0 Å². The highest BCUT2D eigenvalue weighted by Crippen LogP contribution is 2.22. The summed E-state index contributed by atoms with van der Waals surface area (Å²) in [5, 5.41) is 0.299. The lowest BCUT2D eigenvalue weighted by Gasteiger charge is -2.06. The zero-order chi connectivity index (χ0) is 11.4. The van der Waals surface area contributed by atoms with Crippen LogP contribution in [0, 0.1) is 5.82 Å². The minimum Gasteiger partial charge on any atom is -0.466 e. The molecule has 0 atom stereocenters. The molecule has 0 bridgehead atoms. The zero-order valence-corrected chi connectivity index (χ0v) is 8.97. The van der Waals surface area contributed by atoms with Crippen LogP contribution in [0.25, 0.3) is 0 Å². The Kier molecular flexibility index (Phi) is 3.91. The minimum atomic E-state index is -0.618. The SMILES string of the molecule is CCOC(=O)Cc1cc(Cl)cc(N)c1F. The lowest BCUT2D eigenvalue weighted by molar-refractivity contribution is -0.142. The average molecular weight is 232 g/mol. The van der Waals surface area contributed by atoms with Crippen LogP contribution in [0.5, 0.6) is 0 Å². The Morgan fingerprint density at radius 1 is 1.60 bits per heavy atom. The Morgan fingerprint density at radius 2 is 2.27 bits per heavy atom. The number of rotatable bonds is 3. The predicted molar refractivity (Wildman–Crippen MR) is 56.2 cm³/mol. The van der Waals surface area contributed by atoms with E-state index in [0.717, 1.165) is 0 Å². The fraction of sp³-hybridized carbons (Fsp3) is 0.300. The molecule has 1 rings (SSSR count). The van der Waals surface area contributed by atoms with E-state index in [2.05, 4.69) is 0 Å². The summed E-state index contributed by atoms with van der Waals surface area (Å²) in [6.45, 7) is 1.94. The first-order valence-electron chi connectivity index (χ1n) is 4.43. The topological polar surface area (TPSA) is 52.3 Å². The number of anilines is 1. The lowest BCUT2D eigenvalue weighted by atomic mass is 10.1. The quantitative estimate of drug-likeness (QED) is 0.641. The Bertz CT molecular complexity index is 382. The fourth-order valence-corrected chi connectivity index (χ4v) is 1.41. The van der Waals surface area contributed by atoms with E-state index in [0.29, 0.717) is 5.02 Å². The van der Waals surface area contributed by atoms with E-state index in [9.17, 15) is 9.18 Å². The van der Waals surface area contributed by atoms with Crippen LogP contribution in [0.4, 0.5) is 10.1 Å². The predicted octanol–water partition coefficient (Wildman–Crippen LogP) is 2.17. The molecule has 0 aromatic heterocycles. The number of benzene rings is 1. The number of nitrogen functional groups attached to an aromatic ring is 1. The summed E-state index contributed by atoms with van der Waals surface area (Å²) in [6, 6.07) is 2.66. The van der Waals surface area contributed by atoms with Gasteiger partial charge in [0, 0.05) is 10.6 Å². The summed E-state index contributed by atoms with van der Waals surface area (Å²) in [7, 11) is 0. The zero-order valence-electron chi connectivity index (χ0n) is 8.22. The third-order valence-electron chi connectivity index (χ3n) is 1.78. The van der Waals surface area contributed by atoms with Crippen molar-refractivity contribution in [2.24, 2.45) is 0 Å². The molecule has 0 saturated heterocycles. The van der Waals surface area contributed by atoms with Crippen LogP contribution >= 0.6 is 11.6 Å². The van der Waals surface area contributed by atoms with Gasteiger partial charge in [-0.25, -0.2) is 4.39 Å². The van der Waals surface area contributed by atoms with Gasteiger partial charge in [-0.15, -0.1) is 0 Å². The molecule has 0 saturated carbocycles. The summed E-state index contributed by atoms with van der Waals surface area (Å²) in [5.74, 6) is -1.12. The molecule has 5 heteroatoms. The number of hydrogen-bond acceptors (Lipinski definition) is 3. The molecular weight excluding hydrogens is 221 g/mol. The molecule has 1 aromatic carbocycles. The summed E-state index contributed by atoms with van der Waals surface area (Å²) < 4.78 is 18.1. The summed E-state index contributed by atoms with van der Waals surface area (Å²) >= 11 is 5.68. The summed E-state index contributed by atoms with van der Waals surface area (Å²) in [4.78, 5) is 11.1. The van der Waals surface area contributed by atoms with Crippen LogP contribution in [0.2, 0.25) is 5.02 Å². The van der Waals surface area contributed by atoms with E-state index >= 15 is 0 Å². The number of hydrogen-bond donors (Lipinski definition) is 1. The lowest BCUT2D eigenvalue weighted by Crippen LogP contribution is -2.09. The normalized spacial score (nSPS) is 10.1. The Morgan fingerprint density at radius 3 is 2.87 bits per heavy atom. The minimum absolute atomic E-state index is 0.0678. The van der Waals surface area contributed by atoms with E-state index < -0.39 is 11.8 Å².